The van der Waals surface area contributed by atoms with E-state index in [9.17, 15) is 22.4 Å². The predicted molar refractivity (Wildman–Crippen MR) is 94.6 cm³/mol. The van der Waals surface area contributed by atoms with Gasteiger partial charge >= 0.3 is 12.3 Å². The molecule has 1 aliphatic heterocycles. The van der Waals surface area contributed by atoms with Crippen LogP contribution in [0.25, 0.3) is 0 Å². The van der Waals surface area contributed by atoms with Crippen LogP contribution >= 0.6 is 11.6 Å². The van der Waals surface area contributed by atoms with Gasteiger partial charge in [-0.2, -0.15) is 8.78 Å². The molecule has 6 nitrogen and oxygen atoms in total. The van der Waals surface area contributed by atoms with Crippen LogP contribution in [-0.2, 0) is 11.3 Å². The Balaban J connectivity index is 2.12. The smallest absolute Gasteiger partial charge is 0.340 e. The third-order valence-electron chi connectivity index (χ3n) is 4.28. The molecule has 1 amide bonds. The molecule has 2 rings (SSSR count). The van der Waals surface area contributed by atoms with Crippen molar-refractivity contribution in [1.82, 2.24) is 9.88 Å². The van der Waals surface area contributed by atoms with Crippen LogP contribution in [0.1, 0.15) is 29.8 Å². The summed E-state index contributed by atoms with van der Waals surface area (Å²) < 4.78 is 54.7. The molecule has 1 aliphatic rings. The van der Waals surface area contributed by atoms with Crippen LogP contribution in [0.3, 0.4) is 0 Å². The van der Waals surface area contributed by atoms with Gasteiger partial charge in [0, 0.05) is 28.6 Å². The lowest BCUT2D eigenvalue weighted by Gasteiger charge is -2.25. The summed E-state index contributed by atoms with van der Waals surface area (Å²) in [4.78, 5) is 17.9. The SMILES string of the molecule is CC(/C=C(\N)C(C)N1Cc2c(ccnc2Cl)C1=O)=C(/N)OCC(F)(F)C(F)F. The fraction of sp³-hybridized carbons (Fsp3) is 0.412. The van der Waals surface area contributed by atoms with Gasteiger partial charge in [-0.05, 0) is 26.0 Å². The van der Waals surface area contributed by atoms with Crippen LogP contribution in [0.4, 0.5) is 17.6 Å². The van der Waals surface area contributed by atoms with Gasteiger partial charge in [0.25, 0.3) is 5.91 Å². The Hall–Kier alpha value is -2.49. The van der Waals surface area contributed by atoms with Crippen molar-refractivity contribution < 1.29 is 27.1 Å². The minimum Gasteiger partial charge on any atom is -0.473 e. The highest BCUT2D eigenvalue weighted by Crippen LogP contribution is 2.30. The van der Waals surface area contributed by atoms with Crippen molar-refractivity contribution in [2.75, 3.05) is 6.61 Å². The Kier molecular flexibility index (Phi) is 6.43. The predicted octanol–water partition coefficient (Wildman–Crippen LogP) is 3.03. The number of hydrogen-bond donors (Lipinski definition) is 2. The summed E-state index contributed by atoms with van der Waals surface area (Å²) in [5, 5.41) is 0.219. The molecule has 2 heterocycles. The van der Waals surface area contributed by atoms with Crippen LogP contribution < -0.4 is 11.5 Å². The normalized spacial score (nSPS) is 16.9. The summed E-state index contributed by atoms with van der Waals surface area (Å²) >= 11 is 6.01. The molecule has 0 saturated carbocycles. The number of carbonyl (C=O) groups excluding carboxylic acids is 1. The summed E-state index contributed by atoms with van der Waals surface area (Å²) in [6.45, 7) is 1.71. The Labute approximate surface area is 163 Å². The van der Waals surface area contributed by atoms with E-state index in [4.69, 9.17) is 23.1 Å². The van der Waals surface area contributed by atoms with E-state index in [-0.39, 0.29) is 28.9 Å². The van der Waals surface area contributed by atoms with E-state index in [1.807, 2.05) is 0 Å². The number of ether oxygens (including phenoxy) is 1. The van der Waals surface area contributed by atoms with E-state index in [0.29, 0.717) is 11.1 Å². The van der Waals surface area contributed by atoms with Crippen LogP contribution in [0.15, 0.2) is 35.5 Å². The molecule has 1 aromatic heterocycles. The van der Waals surface area contributed by atoms with Crippen molar-refractivity contribution in [2.45, 2.75) is 38.8 Å². The molecular weight excluding hydrogens is 404 g/mol. The zero-order chi connectivity index (χ0) is 21.2. The lowest BCUT2D eigenvalue weighted by Crippen LogP contribution is -2.37. The molecule has 1 unspecified atom stereocenters. The summed E-state index contributed by atoms with van der Waals surface area (Å²) in [6.07, 6.45) is -1.12. The zero-order valence-electron chi connectivity index (χ0n) is 15.1. The third-order valence-corrected chi connectivity index (χ3v) is 4.61. The van der Waals surface area contributed by atoms with Crippen molar-refractivity contribution in [2.24, 2.45) is 11.5 Å². The first kappa shape index (κ1) is 21.8. The van der Waals surface area contributed by atoms with Crippen molar-refractivity contribution in [3.8, 4) is 0 Å². The first-order valence-corrected chi connectivity index (χ1v) is 8.50. The molecule has 0 fully saturated rings. The summed E-state index contributed by atoms with van der Waals surface area (Å²) in [6, 6.07) is 0.970. The van der Waals surface area contributed by atoms with Gasteiger partial charge in [0.05, 0.1) is 12.6 Å². The lowest BCUT2D eigenvalue weighted by molar-refractivity contribution is -0.158. The van der Waals surface area contributed by atoms with Gasteiger partial charge in [-0.15, -0.1) is 0 Å². The molecule has 0 aromatic carbocycles. The third kappa shape index (κ3) is 4.49. The Morgan fingerprint density at radius 3 is 2.68 bits per heavy atom. The number of pyridine rings is 1. The van der Waals surface area contributed by atoms with Gasteiger partial charge < -0.3 is 21.1 Å². The lowest BCUT2D eigenvalue weighted by atomic mass is 10.1. The maximum Gasteiger partial charge on any atom is 0.340 e. The number of rotatable bonds is 7. The van der Waals surface area contributed by atoms with Crippen molar-refractivity contribution in [3.05, 3.63) is 51.8 Å². The molecule has 0 aliphatic carbocycles. The highest BCUT2D eigenvalue weighted by atomic mass is 35.5. The van der Waals surface area contributed by atoms with Crippen molar-refractivity contribution in [3.63, 3.8) is 0 Å². The number of amides is 1. The van der Waals surface area contributed by atoms with Gasteiger partial charge in [0.1, 0.15) is 5.15 Å². The number of allylic oxidation sites excluding steroid dienone is 2. The van der Waals surface area contributed by atoms with Crippen molar-refractivity contribution >= 4 is 17.5 Å². The topological polar surface area (TPSA) is 94.5 Å². The summed E-state index contributed by atoms with van der Waals surface area (Å²) in [7, 11) is 0. The molecule has 1 atom stereocenters. The standard InChI is InChI=1S/C17H19ClF4N4O2/c1-8(14(24)28-7-17(21,22)16(19)20)5-12(23)9(2)26-6-11-10(15(26)27)3-4-25-13(11)18/h3-5,9,16H,6-7,23-24H2,1-2H3/b12-5-,14-8+. The molecule has 11 heteroatoms. The van der Waals surface area contributed by atoms with Gasteiger partial charge in [0.2, 0.25) is 0 Å². The minimum atomic E-state index is -4.32. The van der Waals surface area contributed by atoms with Crippen LogP contribution in [0, 0.1) is 0 Å². The van der Waals surface area contributed by atoms with Gasteiger partial charge in [0.15, 0.2) is 12.5 Å². The van der Waals surface area contributed by atoms with Gasteiger partial charge in [-0.25, -0.2) is 13.8 Å². The van der Waals surface area contributed by atoms with E-state index in [0.717, 1.165) is 0 Å². The molecule has 0 radical (unpaired) electrons. The highest BCUT2D eigenvalue weighted by molar-refractivity contribution is 6.30. The largest absolute Gasteiger partial charge is 0.473 e. The maximum absolute atomic E-state index is 12.9. The number of nitrogens with zero attached hydrogens (tertiary/aromatic N) is 2. The number of alkyl halides is 4. The maximum atomic E-state index is 12.9. The number of hydrogen-bond acceptors (Lipinski definition) is 5. The first-order chi connectivity index (χ1) is 13.0. The summed E-state index contributed by atoms with van der Waals surface area (Å²) in [5.41, 5.74) is 12.9. The number of carbonyl (C=O) groups is 1. The number of halogens is 5. The molecule has 0 spiro atoms. The molecule has 0 bridgehead atoms. The molecule has 154 valence electrons. The average Bonchev–Trinajstić information content (AvgIpc) is 2.97. The van der Waals surface area contributed by atoms with Crippen LogP contribution in [0.2, 0.25) is 5.15 Å². The molecule has 1 aromatic rings. The van der Waals surface area contributed by atoms with E-state index >= 15 is 0 Å². The average molecular weight is 423 g/mol. The van der Waals surface area contributed by atoms with E-state index in [2.05, 4.69) is 9.72 Å². The quantitative estimate of drug-likeness (QED) is 0.305. The minimum absolute atomic E-state index is 0.151. The van der Waals surface area contributed by atoms with Crippen LogP contribution in [0.5, 0.6) is 0 Å². The second kappa shape index (κ2) is 8.26. The second-order valence-electron chi connectivity index (χ2n) is 6.28. The Bertz CT molecular complexity index is 829. The summed E-state index contributed by atoms with van der Waals surface area (Å²) in [5.74, 6) is -5.08. The first-order valence-electron chi connectivity index (χ1n) is 8.12. The molecule has 0 saturated heterocycles. The Morgan fingerprint density at radius 1 is 1.46 bits per heavy atom. The van der Waals surface area contributed by atoms with Gasteiger partial charge in [-0.3, -0.25) is 4.79 Å². The zero-order valence-corrected chi connectivity index (χ0v) is 15.8. The number of nitrogens with two attached hydrogens (primary N) is 2. The molecule has 4 N–H and O–H groups in total. The van der Waals surface area contributed by atoms with E-state index < -0.39 is 30.9 Å². The number of aromatic nitrogens is 1. The molecule has 28 heavy (non-hydrogen) atoms. The fourth-order valence-corrected chi connectivity index (χ4v) is 2.72. The van der Waals surface area contributed by atoms with Crippen LogP contribution in [-0.4, -0.2) is 40.8 Å². The fourth-order valence-electron chi connectivity index (χ4n) is 2.50. The number of fused-ring (bicyclic) bond motifs is 1. The van der Waals surface area contributed by atoms with Crippen molar-refractivity contribution in [1.29, 1.82) is 0 Å². The second-order valence-corrected chi connectivity index (χ2v) is 6.64. The highest BCUT2D eigenvalue weighted by Gasteiger charge is 2.42. The molecular formula is C17H19ClF4N4O2. The van der Waals surface area contributed by atoms with Gasteiger partial charge in [-0.1, -0.05) is 11.6 Å². The van der Waals surface area contributed by atoms with E-state index in [1.165, 1.54) is 24.1 Å². The monoisotopic (exact) mass is 422 g/mol. The Morgan fingerprint density at radius 2 is 2.11 bits per heavy atom. The van der Waals surface area contributed by atoms with E-state index in [1.54, 1.807) is 13.0 Å².